The van der Waals surface area contributed by atoms with Crippen LogP contribution in [-0.4, -0.2) is 27.4 Å². The van der Waals surface area contributed by atoms with Gasteiger partial charge in [-0.2, -0.15) is 0 Å². The normalized spacial score (nSPS) is 12.1. The van der Waals surface area contributed by atoms with Gasteiger partial charge in [-0.25, -0.2) is 4.79 Å². The predicted octanol–water partition coefficient (Wildman–Crippen LogP) is 3.71. The molecule has 0 aliphatic rings. The zero-order chi connectivity index (χ0) is 15.8. The molecule has 1 rings (SSSR count). The van der Waals surface area contributed by atoms with Crippen molar-refractivity contribution >= 4 is 5.97 Å². The van der Waals surface area contributed by atoms with E-state index in [9.17, 15) is 20.1 Å². The third kappa shape index (κ3) is 5.17. The average molecular weight is 296 g/mol. The molecule has 0 bridgehead atoms. The lowest BCUT2D eigenvalue weighted by atomic mass is 10.1. The van der Waals surface area contributed by atoms with E-state index in [1.807, 2.05) is 6.92 Å². The molecular formula is C16H24O5. The quantitative estimate of drug-likeness (QED) is 0.387. The molecule has 3 N–H and O–H groups in total. The van der Waals surface area contributed by atoms with Crippen LogP contribution in [0.15, 0.2) is 12.1 Å². The third-order valence-corrected chi connectivity index (χ3v) is 3.41. The minimum atomic E-state index is -0.641. The maximum atomic E-state index is 12.0. The molecule has 5 heteroatoms. The Labute approximate surface area is 125 Å². The molecule has 21 heavy (non-hydrogen) atoms. The molecule has 0 fully saturated rings. The Morgan fingerprint density at radius 1 is 1.10 bits per heavy atom. The van der Waals surface area contributed by atoms with Gasteiger partial charge in [0.2, 0.25) is 0 Å². The van der Waals surface area contributed by atoms with Crippen LogP contribution in [0.25, 0.3) is 0 Å². The summed E-state index contributed by atoms with van der Waals surface area (Å²) in [5, 5.41) is 28.1. The van der Waals surface area contributed by atoms with Crippen LogP contribution >= 0.6 is 0 Å². The van der Waals surface area contributed by atoms with Crippen molar-refractivity contribution in [3.8, 4) is 17.2 Å². The molecule has 0 aromatic heterocycles. The Hall–Kier alpha value is -1.91. The maximum Gasteiger partial charge on any atom is 0.338 e. The van der Waals surface area contributed by atoms with E-state index >= 15 is 0 Å². The van der Waals surface area contributed by atoms with Crippen LogP contribution in [0.4, 0.5) is 0 Å². The van der Waals surface area contributed by atoms with Crippen LogP contribution in [0, 0.1) is 0 Å². The molecule has 118 valence electrons. The Morgan fingerprint density at radius 3 is 2.24 bits per heavy atom. The number of ether oxygens (including phenoxy) is 1. The van der Waals surface area contributed by atoms with Gasteiger partial charge in [-0.3, -0.25) is 0 Å². The summed E-state index contributed by atoms with van der Waals surface area (Å²) in [7, 11) is 0. The van der Waals surface area contributed by atoms with E-state index in [0.29, 0.717) is 6.42 Å². The van der Waals surface area contributed by atoms with Gasteiger partial charge in [0.25, 0.3) is 0 Å². The molecule has 1 atom stereocenters. The number of phenolic OH excluding ortho intramolecular Hbond substituents is 3. The van der Waals surface area contributed by atoms with Gasteiger partial charge in [0, 0.05) is 0 Å². The lowest BCUT2D eigenvalue weighted by Crippen LogP contribution is -2.17. The standard InChI is InChI=1S/C16H24O5/c1-3-5-6-7-8-12(4-2)21-16(20)11-9-13(17)15(19)14(18)10-11/h9-10,12,17-19H,3-8H2,1-2H3. The summed E-state index contributed by atoms with van der Waals surface area (Å²) in [5.41, 5.74) is 0.0230. The molecule has 0 aliphatic carbocycles. The maximum absolute atomic E-state index is 12.0. The van der Waals surface area contributed by atoms with Crippen LogP contribution in [0.3, 0.4) is 0 Å². The van der Waals surface area contributed by atoms with Gasteiger partial charge in [0.15, 0.2) is 17.2 Å². The van der Waals surface area contributed by atoms with E-state index in [1.54, 1.807) is 0 Å². The van der Waals surface area contributed by atoms with Gasteiger partial charge < -0.3 is 20.1 Å². The zero-order valence-corrected chi connectivity index (χ0v) is 12.6. The number of phenols is 3. The second kappa shape index (κ2) is 8.39. The number of benzene rings is 1. The van der Waals surface area contributed by atoms with Crippen LogP contribution < -0.4 is 0 Å². The summed E-state index contributed by atoms with van der Waals surface area (Å²) >= 11 is 0. The highest BCUT2D eigenvalue weighted by Gasteiger charge is 2.18. The van der Waals surface area contributed by atoms with E-state index in [4.69, 9.17) is 4.74 Å². The first-order valence-electron chi connectivity index (χ1n) is 7.45. The van der Waals surface area contributed by atoms with Gasteiger partial charge in [-0.05, 0) is 31.4 Å². The summed E-state index contributed by atoms with van der Waals surface area (Å²) in [6.07, 6.45) is 5.79. The van der Waals surface area contributed by atoms with E-state index < -0.39 is 23.2 Å². The predicted molar refractivity (Wildman–Crippen MR) is 79.7 cm³/mol. The SMILES string of the molecule is CCCCCCC(CC)OC(=O)c1cc(O)c(O)c(O)c1. The molecule has 1 unspecified atom stereocenters. The first-order chi connectivity index (χ1) is 9.99. The lowest BCUT2D eigenvalue weighted by molar-refractivity contribution is 0.0266. The van der Waals surface area contributed by atoms with E-state index in [2.05, 4.69) is 6.92 Å². The van der Waals surface area contributed by atoms with E-state index in [0.717, 1.165) is 37.8 Å². The van der Waals surface area contributed by atoms with Gasteiger partial charge >= 0.3 is 5.97 Å². The van der Waals surface area contributed by atoms with Crippen molar-refractivity contribution in [3.63, 3.8) is 0 Å². The smallest absolute Gasteiger partial charge is 0.338 e. The number of hydrogen-bond acceptors (Lipinski definition) is 5. The summed E-state index contributed by atoms with van der Waals surface area (Å²) in [6, 6.07) is 2.17. The van der Waals surface area contributed by atoms with Crippen LogP contribution in [0.2, 0.25) is 0 Å². The van der Waals surface area contributed by atoms with Crippen molar-refractivity contribution in [2.24, 2.45) is 0 Å². The van der Waals surface area contributed by atoms with Gasteiger partial charge in [0.1, 0.15) is 6.10 Å². The zero-order valence-electron chi connectivity index (χ0n) is 12.6. The molecule has 0 spiro atoms. The number of aromatic hydroxyl groups is 3. The molecular weight excluding hydrogens is 272 g/mol. The number of rotatable bonds is 8. The first kappa shape index (κ1) is 17.1. The minimum Gasteiger partial charge on any atom is -0.504 e. The number of carbonyl (C=O) groups is 1. The molecule has 0 saturated heterocycles. The van der Waals surface area contributed by atoms with Gasteiger partial charge in [0.05, 0.1) is 5.56 Å². The number of unbranched alkanes of at least 4 members (excludes halogenated alkanes) is 3. The Morgan fingerprint density at radius 2 is 1.71 bits per heavy atom. The second-order valence-electron chi connectivity index (χ2n) is 5.15. The molecule has 0 aliphatic heterocycles. The van der Waals surface area contributed by atoms with Crippen molar-refractivity contribution in [1.82, 2.24) is 0 Å². The summed E-state index contributed by atoms with van der Waals surface area (Å²) in [6.45, 7) is 4.09. The minimum absolute atomic E-state index is 0.0230. The summed E-state index contributed by atoms with van der Waals surface area (Å²) in [4.78, 5) is 12.0. The molecule has 1 aromatic rings. The fraction of sp³-hybridized carbons (Fsp3) is 0.562. The molecule has 0 radical (unpaired) electrons. The van der Waals surface area contributed by atoms with Crippen molar-refractivity contribution < 1.29 is 24.9 Å². The number of esters is 1. The lowest BCUT2D eigenvalue weighted by Gasteiger charge is -2.16. The molecule has 0 amide bonds. The number of hydrogen-bond donors (Lipinski definition) is 3. The Bertz CT molecular complexity index is 447. The Balaban J connectivity index is 2.62. The van der Waals surface area contributed by atoms with Crippen molar-refractivity contribution in [2.45, 2.75) is 58.5 Å². The van der Waals surface area contributed by atoms with Crippen LogP contribution in [0.1, 0.15) is 62.7 Å². The highest BCUT2D eigenvalue weighted by Crippen LogP contribution is 2.35. The molecule has 5 nitrogen and oxygen atoms in total. The summed E-state index contributed by atoms with van der Waals surface area (Å²) in [5.74, 6) is -2.34. The fourth-order valence-electron chi connectivity index (χ4n) is 2.09. The van der Waals surface area contributed by atoms with Crippen molar-refractivity contribution in [2.75, 3.05) is 0 Å². The van der Waals surface area contributed by atoms with E-state index in [1.165, 1.54) is 6.42 Å². The van der Waals surface area contributed by atoms with Gasteiger partial charge in [-0.1, -0.05) is 33.1 Å². The highest BCUT2D eigenvalue weighted by atomic mass is 16.5. The largest absolute Gasteiger partial charge is 0.504 e. The van der Waals surface area contributed by atoms with E-state index in [-0.39, 0.29) is 11.7 Å². The summed E-state index contributed by atoms with van der Waals surface area (Å²) < 4.78 is 5.37. The molecule has 0 heterocycles. The monoisotopic (exact) mass is 296 g/mol. The first-order valence-corrected chi connectivity index (χ1v) is 7.45. The topological polar surface area (TPSA) is 87.0 Å². The van der Waals surface area contributed by atoms with Crippen LogP contribution in [-0.2, 0) is 4.74 Å². The van der Waals surface area contributed by atoms with Crippen molar-refractivity contribution in [1.29, 1.82) is 0 Å². The van der Waals surface area contributed by atoms with Gasteiger partial charge in [-0.15, -0.1) is 0 Å². The highest BCUT2D eigenvalue weighted by molar-refractivity contribution is 5.91. The molecule has 0 saturated carbocycles. The third-order valence-electron chi connectivity index (χ3n) is 3.41. The second-order valence-corrected chi connectivity index (χ2v) is 5.15. The Kier molecular flexibility index (Phi) is 6.85. The van der Waals surface area contributed by atoms with Crippen LogP contribution in [0.5, 0.6) is 17.2 Å². The average Bonchev–Trinajstić information content (AvgIpc) is 2.47. The molecule has 1 aromatic carbocycles. The van der Waals surface area contributed by atoms with Crippen molar-refractivity contribution in [3.05, 3.63) is 17.7 Å². The number of carbonyl (C=O) groups excluding carboxylic acids is 1. The fourth-order valence-corrected chi connectivity index (χ4v) is 2.09.